The van der Waals surface area contributed by atoms with Crippen LogP contribution in [-0.2, 0) is 16.8 Å². The summed E-state index contributed by atoms with van der Waals surface area (Å²) in [5, 5.41) is 10.8. The van der Waals surface area contributed by atoms with E-state index in [2.05, 4.69) is 41.2 Å². The van der Waals surface area contributed by atoms with Gasteiger partial charge in [0.05, 0.1) is 6.20 Å². The molecular formula is C16H29N5O. The Balaban J connectivity index is 1.68. The van der Waals surface area contributed by atoms with Gasteiger partial charge in [-0.15, -0.1) is 0 Å². The van der Waals surface area contributed by atoms with Gasteiger partial charge >= 0.3 is 0 Å². The van der Waals surface area contributed by atoms with Crippen molar-refractivity contribution >= 4 is 5.91 Å². The molecule has 6 nitrogen and oxygen atoms in total. The monoisotopic (exact) mass is 307 g/mol. The molecule has 1 aromatic rings. The van der Waals surface area contributed by atoms with E-state index >= 15 is 0 Å². The number of amides is 1. The first-order valence-electron chi connectivity index (χ1n) is 8.09. The van der Waals surface area contributed by atoms with Gasteiger partial charge in [0, 0.05) is 69.4 Å². The van der Waals surface area contributed by atoms with E-state index in [-0.39, 0.29) is 11.3 Å². The molecule has 1 fully saturated rings. The number of nitrogens with zero attached hydrogens (tertiary/aromatic N) is 3. The van der Waals surface area contributed by atoms with Crippen LogP contribution in [0.3, 0.4) is 0 Å². The fourth-order valence-corrected chi connectivity index (χ4v) is 2.84. The zero-order chi connectivity index (χ0) is 16.2. The van der Waals surface area contributed by atoms with Gasteiger partial charge in [0.25, 0.3) is 0 Å². The molecule has 2 rings (SSSR count). The first-order valence-corrected chi connectivity index (χ1v) is 8.09. The Bertz CT molecular complexity index is 483. The molecule has 1 amide bonds. The summed E-state index contributed by atoms with van der Waals surface area (Å²) in [6.07, 6.45) is 1.92. The zero-order valence-electron chi connectivity index (χ0n) is 14.3. The SMILES string of the molecule is CC(=O)N1CCN(CCNCc2cn[nH]c2C(C)(C)C)CC1. The molecule has 0 atom stereocenters. The quantitative estimate of drug-likeness (QED) is 0.795. The Morgan fingerprint density at radius 3 is 2.59 bits per heavy atom. The van der Waals surface area contributed by atoms with Gasteiger partial charge in [0.2, 0.25) is 5.91 Å². The standard InChI is InChI=1S/C16H29N5O/c1-13(22)21-9-7-20(8-10-21)6-5-17-11-14-12-18-19-15(14)16(2,3)4/h12,17H,5-11H2,1-4H3,(H,18,19). The van der Waals surface area contributed by atoms with E-state index in [1.807, 2.05) is 11.1 Å². The van der Waals surface area contributed by atoms with Crippen molar-refractivity contribution in [2.45, 2.75) is 39.7 Å². The Hall–Kier alpha value is -1.40. The van der Waals surface area contributed by atoms with Gasteiger partial charge in [-0.2, -0.15) is 5.10 Å². The minimum absolute atomic E-state index is 0.0938. The number of rotatable bonds is 5. The highest BCUT2D eigenvalue weighted by molar-refractivity contribution is 5.73. The minimum atomic E-state index is 0.0938. The van der Waals surface area contributed by atoms with Crippen LogP contribution in [-0.4, -0.2) is 65.2 Å². The highest BCUT2D eigenvalue weighted by Gasteiger charge is 2.20. The van der Waals surface area contributed by atoms with Crippen molar-refractivity contribution in [3.63, 3.8) is 0 Å². The minimum Gasteiger partial charge on any atom is -0.340 e. The van der Waals surface area contributed by atoms with E-state index in [4.69, 9.17) is 0 Å². The average molecular weight is 307 g/mol. The normalized spacial score (nSPS) is 17.0. The summed E-state index contributed by atoms with van der Waals surface area (Å²) < 4.78 is 0. The summed E-state index contributed by atoms with van der Waals surface area (Å²) in [5.74, 6) is 0.187. The maximum absolute atomic E-state index is 11.3. The van der Waals surface area contributed by atoms with E-state index in [0.29, 0.717) is 0 Å². The Labute approximate surface area is 133 Å². The van der Waals surface area contributed by atoms with Crippen LogP contribution >= 0.6 is 0 Å². The van der Waals surface area contributed by atoms with E-state index in [0.717, 1.165) is 45.8 Å². The van der Waals surface area contributed by atoms with Crippen LogP contribution in [0.25, 0.3) is 0 Å². The molecule has 0 saturated carbocycles. The Morgan fingerprint density at radius 2 is 2.00 bits per heavy atom. The lowest BCUT2D eigenvalue weighted by atomic mass is 9.89. The molecule has 0 aliphatic carbocycles. The molecule has 0 radical (unpaired) electrons. The molecule has 0 unspecified atom stereocenters. The van der Waals surface area contributed by atoms with Crippen LogP contribution in [0.15, 0.2) is 6.20 Å². The average Bonchev–Trinajstić information content (AvgIpc) is 2.92. The lowest BCUT2D eigenvalue weighted by Gasteiger charge is -2.34. The van der Waals surface area contributed by atoms with Crippen LogP contribution in [0, 0.1) is 0 Å². The maximum Gasteiger partial charge on any atom is 0.219 e. The van der Waals surface area contributed by atoms with Gasteiger partial charge in [0.15, 0.2) is 0 Å². The Kier molecular flexibility index (Phi) is 5.58. The molecule has 22 heavy (non-hydrogen) atoms. The maximum atomic E-state index is 11.3. The summed E-state index contributed by atoms with van der Waals surface area (Å²) >= 11 is 0. The molecule has 1 aliphatic rings. The van der Waals surface area contributed by atoms with Crippen molar-refractivity contribution in [1.29, 1.82) is 0 Å². The summed E-state index contributed by atoms with van der Waals surface area (Å²) in [6, 6.07) is 0. The molecule has 0 bridgehead atoms. The van der Waals surface area contributed by atoms with Crippen molar-refractivity contribution in [3.05, 3.63) is 17.5 Å². The number of aromatic amines is 1. The Morgan fingerprint density at radius 1 is 1.32 bits per heavy atom. The second-order valence-electron chi connectivity index (χ2n) is 7.04. The summed E-state index contributed by atoms with van der Waals surface area (Å²) in [6.45, 7) is 14.7. The highest BCUT2D eigenvalue weighted by atomic mass is 16.2. The third-order valence-corrected chi connectivity index (χ3v) is 4.21. The van der Waals surface area contributed by atoms with Crippen LogP contribution in [0.1, 0.15) is 39.0 Å². The molecule has 6 heteroatoms. The van der Waals surface area contributed by atoms with Gasteiger partial charge in [0.1, 0.15) is 0 Å². The summed E-state index contributed by atoms with van der Waals surface area (Å²) in [7, 11) is 0. The van der Waals surface area contributed by atoms with Crippen molar-refractivity contribution in [2.75, 3.05) is 39.3 Å². The molecular weight excluding hydrogens is 278 g/mol. The van der Waals surface area contributed by atoms with Crippen molar-refractivity contribution in [3.8, 4) is 0 Å². The number of hydrogen-bond acceptors (Lipinski definition) is 4. The summed E-state index contributed by atoms with van der Waals surface area (Å²) in [4.78, 5) is 15.6. The molecule has 2 N–H and O–H groups in total. The van der Waals surface area contributed by atoms with Crippen molar-refractivity contribution < 1.29 is 4.79 Å². The van der Waals surface area contributed by atoms with Crippen molar-refractivity contribution in [2.24, 2.45) is 0 Å². The van der Waals surface area contributed by atoms with Crippen molar-refractivity contribution in [1.82, 2.24) is 25.3 Å². The third kappa shape index (κ3) is 4.55. The van der Waals surface area contributed by atoms with Gasteiger partial charge in [-0.05, 0) is 0 Å². The first-order chi connectivity index (χ1) is 10.4. The van der Waals surface area contributed by atoms with E-state index in [1.54, 1.807) is 6.92 Å². The largest absolute Gasteiger partial charge is 0.340 e. The molecule has 0 spiro atoms. The van der Waals surface area contributed by atoms with Crippen LogP contribution < -0.4 is 5.32 Å². The third-order valence-electron chi connectivity index (χ3n) is 4.21. The second kappa shape index (κ2) is 7.24. The fourth-order valence-electron chi connectivity index (χ4n) is 2.84. The van der Waals surface area contributed by atoms with Gasteiger partial charge < -0.3 is 10.2 Å². The molecule has 0 aromatic carbocycles. The number of carbonyl (C=O) groups excluding carboxylic acids is 1. The number of nitrogens with one attached hydrogen (secondary N) is 2. The van der Waals surface area contributed by atoms with E-state index in [9.17, 15) is 4.79 Å². The summed E-state index contributed by atoms with van der Waals surface area (Å²) in [5.41, 5.74) is 2.54. The van der Waals surface area contributed by atoms with Gasteiger partial charge in [-0.3, -0.25) is 14.8 Å². The van der Waals surface area contributed by atoms with Crippen LogP contribution in [0.5, 0.6) is 0 Å². The molecule has 2 heterocycles. The number of carbonyl (C=O) groups is 1. The molecule has 1 saturated heterocycles. The predicted molar refractivity (Wildman–Crippen MR) is 87.7 cm³/mol. The number of H-pyrrole nitrogens is 1. The lowest BCUT2D eigenvalue weighted by molar-refractivity contribution is -0.130. The molecule has 1 aromatic heterocycles. The smallest absolute Gasteiger partial charge is 0.219 e. The second-order valence-corrected chi connectivity index (χ2v) is 7.04. The van der Waals surface area contributed by atoms with Crippen LogP contribution in [0.2, 0.25) is 0 Å². The zero-order valence-corrected chi connectivity index (χ0v) is 14.3. The van der Waals surface area contributed by atoms with Gasteiger partial charge in [-0.1, -0.05) is 20.8 Å². The number of aromatic nitrogens is 2. The predicted octanol–water partition coefficient (Wildman–Crippen LogP) is 0.961. The fraction of sp³-hybridized carbons (Fsp3) is 0.750. The lowest BCUT2D eigenvalue weighted by Crippen LogP contribution is -2.49. The van der Waals surface area contributed by atoms with E-state index in [1.165, 1.54) is 11.3 Å². The van der Waals surface area contributed by atoms with E-state index < -0.39 is 0 Å². The van der Waals surface area contributed by atoms with Crippen LogP contribution in [0.4, 0.5) is 0 Å². The molecule has 124 valence electrons. The highest BCUT2D eigenvalue weighted by Crippen LogP contribution is 2.23. The number of hydrogen-bond donors (Lipinski definition) is 2. The first kappa shape index (κ1) is 17.0. The topological polar surface area (TPSA) is 64.3 Å². The van der Waals surface area contributed by atoms with Gasteiger partial charge in [-0.25, -0.2) is 0 Å². The molecule has 1 aliphatic heterocycles. The number of piperazine rings is 1.